The second-order valence-corrected chi connectivity index (χ2v) is 4.40. The van der Waals surface area contributed by atoms with Gasteiger partial charge in [0.25, 0.3) is 0 Å². The van der Waals surface area contributed by atoms with Gasteiger partial charge in [-0.3, -0.25) is 0 Å². The summed E-state index contributed by atoms with van der Waals surface area (Å²) >= 11 is 3.40. The fourth-order valence-corrected chi connectivity index (χ4v) is 1.70. The van der Waals surface area contributed by atoms with Gasteiger partial charge < -0.3 is 5.32 Å². The van der Waals surface area contributed by atoms with Crippen LogP contribution in [0.25, 0.3) is 11.4 Å². The molecular weight excluding hydrogens is 266 g/mol. The van der Waals surface area contributed by atoms with Crippen LogP contribution in [-0.4, -0.2) is 17.0 Å². The molecule has 2 rings (SSSR count). The Morgan fingerprint density at radius 3 is 2.50 bits per heavy atom. The van der Waals surface area contributed by atoms with Crippen molar-refractivity contribution in [3.05, 3.63) is 40.5 Å². The smallest absolute Gasteiger partial charge is 0.161 e. The fourth-order valence-electron chi connectivity index (χ4n) is 1.43. The van der Waals surface area contributed by atoms with Crippen LogP contribution in [0.1, 0.15) is 5.56 Å². The monoisotopic (exact) mass is 277 g/mol. The first-order valence-electron chi connectivity index (χ1n) is 4.98. The molecule has 0 saturated heterocycles. The Morgan fingerprint density at radius 1 is 1.19 bits per heavy atom. The van der Waals surface area contributed by atoms with Crippen LogP contribution in [0.3, 0.4) is 0 Å². The highest BCUT2D eigenvalue weighted by molar-refractivity contribution is 9.10. The van der Waals surface area contributed by atoms with Crippen LogP contribution in [0, 0.1) is 6.92 Å². The third kappa shape index (κ3) is 2.22. The van der Waals surface area contributed by atoms with E-state index in [1.54, 1.807) is 0 Å². The second kappa shape index (κ2) is 4.61. The molecule has 0 aliphatic heterocycles. The molecule has 1 N–H and O–H groups in total. The number of aryl methyl sites for hydroxylation is 1. The molecule has 16 heavy (non-hydrogen) atoms. The van der Waals surface area contributed by atoms with E-state index in [9.17, 15) is 0 Å². The summed E-state index contributed by atoms with van der Waals surface area (Å²) < 4.78 is 1.05. The van der Waals surface area contributed by atoms with Gasteiger partial charge in [0.1, 0.15) is 5.82 Å². The summed E-state index contributed by atoms with van der Waals surface area (Å²) in [5.74, 6) is 1.61. The van der Waals surface area contributed by atoms with Gasteiger partial charge in [0.05, 0.1) is 0 Å². The van der Waals surface area contributed by atoms with Gasteiger partial charge in [0, 0.05) is 28.8 Å². The lowest BCUT2D eigenvalue weighted by atomic mass is 10.2. The molecule has 1 heterocycles. The Kier molecular flexibility index (Phi) is 3.19. The van der Waals surface area contributed by atoms with Crippen molar-refractivity contribution < 1.29 is 0 Å². The number of hydrogen-bond donors (Lipinski definition) is 1. The van der Waals surface area contributed by atoms with Crippen molar-refractivity contribution in [3.8, 4) is 11.4 Å². The zero-order chi connectivity index (χ0) is 11.5. The molecule has 0 aliphatic carbocycles. The molecule has 0 unspecified atom stereocenters. The Balaban J connectivity index is 2.44. The number of hydrogen-bond acceptors (Lipinski definition) is 3. The zero-order valence-electron chi connectivity index (χ0n) is 9.16. The summed E-state index contributed by atoms with van der Waals surface area (Å²) in [6.45, 7) is 1.98. The normalized spacial score (nSPS) is 10.2. The highest BCUT2D eigenvalue weighted by atomic mass is 79.9. The van der Waals surface area contributed by atoms with Crippen LogP contribution in [0.2, 0.25) is 0 Å². The largest absolute Gasteiger partial charge is 0.373 e. The molecule has 0 fully saturated rings. The van der Waals surface area contributed by atoms with Crippen molar-refractivity contribution in [2.45, 2.75) is 6.92 Å². The van der Waals surface area contributed by atoms with Gasteiger partial charge in [-0.05, 0) is 19.1 Å². The molecule has 0 aliphatic rings. The first-order valence-corrected chi connectivity index (χ1v) is 5.77. The van der Waals surface area contributed by atoms with Crippen LogP contribution in [-0.2, 0) is 0 Å². The van der Waals surface area contributed by atoms with E-state index in [1.807, 2.05) is 44.4 Å². The summed E-state index contributed by atoms with van der Waals surface area (Å²) in [6.07, 6.45) is 1.83. The van der Waals surface area contributed by atoms with Crippen molar-refractivity contribution in [3.63, 3.8) is 0 Å². The fraction of sp³-hybridized carbons (Fsp3) is 0.167. The second-order valence-electron chi connectivity index (χ2n) is 3.48. The summed E-state index contributed by atoms with van der Waals surface area (Å²) in [5, 5.41) is 3.06. The summed E-state index contributed by atoms with van der Waals surface area (Å²) in [5.41, 5.74) is 2.06. The average Bonchev–Trinajstić information content (AvgIpc) is 2.31. The number of aromatic nitrogens is 2. The summed E-state index contributed by atoms with van der Waals surface area (Å²) in [4.78, 5) is 8.77. The SMILES string of the molecule is CNc1nc(-c2ccc(Br)cc2)ncc1C. The van der Waals surface area contributed by atoms with Crippen LogP contribution >= 0.6 is 15.9 Å². The lowest BCUT2D eigenvalue weighted by Crippen LogP contribution is -1.99. The number of nitrogens with one attached hydrogen (secondary N) is 1. The van der Waals surface area contributed by atoms with Crippen molar-refractivity contribution in [1.82, 2.24) is 9.97 Å². The Morgan fingerprint density at radius 2 is 1.88 bits per heavy atom. The minimum Gasteiger partial charge on any atom is -0.373 e. The highest BCUT2D eigenvalue weighted by Gasteiger charge is 2.04. The van der Waals surface area contributed by atoms with Crippen molar-refractivity contribution in [2.75, 3.05) is 12.4 Å². The Bertz CT molecular complexity index is 494. The minimum absolute atomic E-state index is 0.738. The number of nitrogens with zero attached hydrogens (tertiary/aromatic N) is 2. The summed E-state index contributed by atoms with van der Waals surface area (Å²) in [7, 11) is 1.86. The van der Waals surface area contributed by atoms with E-state index in [1.165, 1.54) is 0 Å². The maximum absolute atomic E-state index is 4.45. The molecule has 0 bridgehead atoms. The quantitative estimate of drug-likeness (QED) is 0.916. The van der Waals surface area contributed by atoms with Gasteiger partial charge >= 0.3 is 0 Å². The van der Waals surface area contributed by atoms with E-state index in [-0.39, 0.29) is 0 Å². The zero-order valence-corrected chi connectivity index (χ0v) is 10.7. The minimum atomic E-state index is 0.738. The molecule has 4 heteroatoms. The van der Waals surface area contributed by atoms with Crippen LogP contribution in [0.5, 0.6) is 0 Å². The molecule has 0 amide bonds. The molecule has 1 aromatic carbocycles. The molecule has 3 nitrogen and oxygen atoms in total. The Hall–Kier alpha value is -1.42. The molecular formula is C12H12BrN3. The molecule has 82 valence electrons. The lowest BCUT2D eigenvalue weighted by molar-refractivity contribution is 1.13. The van der Waals surface area contributed by atoms with Gasteiger partial charge in [-0.25, -0.2) is 9.97 Å². The van der Waals surface area contributed by atoms with Gasteiger partial charge in [0.2, 0.25) is 0 Å². The van der Waals surface area contributed by atoms with Gasteiger partial charge in [0.15, 0.2) is 5.82 Å². The molecule has 1 aromatic heterocycles. The van der Waals surface area contributed by atoms with E-state index < -0.39 is 0 Å². The average molecular weight is 278 g/mol. The third-order valence-electron chi connectivity index (χ3n) is 2.31. The van der Waals surface area contributed by atoms with Crippen LogP contribution in [0.15, 0.2) is 34.9 Å². The number of halogens is 1. The standard InChI is InChI=1S/C12H12BrN3/c1-8-7-15-12(16-11(8)14-2)9-3-5-10(13)6-4-9/h3-7H,1-2H3,(H,14,15,16). The highest BCUT2D eigenvalue weighted by Crippen LogP contribution is 2.20. The predicted molar refractivity (Wildman–Crippen MR) is 69.5 cm³/mol. The molecule has 0 saturated carbocycles. The molecule has 0 spiro atoms. The van der Waals surface area contributed by atoms with Crippen molar-refractivity contribution in [2.24, 2.45) is 0 Å². The van der Waals surface area contributed by atoms with Gasteiger partial charge in [-0.15, -0.1) is 0 Å². The van der Waals surface area contributed by atoms with E-state index in [0.29, 0.717) is 0 Å². The van der Waals surface area contributed by atoms with Gasteiger partial charge in [-0.2, -0.15) is 0 Å². The Labute approximate surface area is 103 Å². The number of benzene rings is 1. The van der Waals surface area contributed by atoms with E-state index in [4.69, 9.17) is 0 Å². The summed E-state index contributed by atoms with van der Waals surface area (Å²) in [6, 6.07) is 7.96. The maximum Gasteiger partial charge on any atom is 0.161 e. The predicted octanol–water partition coefficient (Wildman–Crippen LogP) is 3.26. The topological polar surface area (TPSA) is 37.8 Å². The first-order chi connectivity index (χ1) is 7.70. The van der Waals surface area contributed by atoms with Crippen LogP contribution < -0.4 is 5.32 Å². The number of rotatable bonds is 2. The third-order valence-corrected chi connectivity index (χ3v) is 2.84. The van der Waals surface area contributed by atoms with Crippen molar-refractivity contribution in [1.29, 1.82) is 0 Å². The molecule has 0 atom stereocenters. The number of anilines is 1. The van der Waals surface area contributed by atoms with Crippen molar-refractivity contribution >= 4 is 21.7 Å². The van der Waals surface area contributed by atoms with E-state index >= 15 is 0 Å². The lowest BCUT2D eigenvalue weighted by Gasteiger charge is -2.06. The molecule has 2 aromatic rings. The van der Waals surface area contributed by atoms with E-state index in [2.05, 4.69) is 31.2 Å². The van der Waals surface area contributed by atoms with E-state index in [0.717, 1.165) is 27.2 Å². The van der Waals surface area contributed by atoms with Gasteiger partial charge in [-0.1, -0.05) is 28.1 Å². The first kappa shape index (κ1) is 11.1. The maximum atomic E-state index is 4.45. The van der Waals surface area contributed by atoms with Crippen LogP contribution in [0.4, 0.5) is 5.82 Å². The molecule has 0 radical (unpaired) electrons.